The molecule has 6 nitrogen and oxygen atoms in total. The minimum atomic E-state index is -0.515. The van der Waals surface area contributed by atoms with Gasteiger partial charge in [-0.05, 0) is 43.5 Å². The first kappa shape index (κ1) is 18.4. The Kier molecular flexibility index (Phi) is 5.58. The molecular weight excluding hydrogens is 374 g/mol. The number of hydrogen-bond donors (Lipinski definition) is 3. The Hall–Kier alpha value is -2.38. The highest BCUT2D eigenvalue weighted by Crippen LogP contribution is 2.28. The van der Waals surface area contributed by atoms with E-state index >= 15 is 0 Å². The fourth-order valence-electron chi connectivity index (χ4n) is 2.73. The van der Waals surface area contributed by atoms with Gasteiger partial charge in [0.1, 0.15) is 6.04 Å². The van der Waals surface area contributed by atoms with Crippen LogP contribution in [-0.4, -0.2) is 30.3 Å². The maximum atomic E-state index is 12.5. The molecule has 0 radical (unpaired) electrons. The first-order chi connectivity index (χ1) is 12.5. The fraction of sp³-hybridized carbons (Fsp3) is 0.278. The molecule has 2 aromatic rings. The first-order valence-electron chi connectivity index (χ1n) is 8.20. The molecule has 1 aliphatic heterocycles. The van der Waals surface area contributed by atoms with Gasteiger partial charge in [-0.15, -0.1) is 11.3 Å². The zero-order chi connectivity index (χ0) is 18.7. The highest BCUT2D eigenvalue weighted by molar-refractivity contribution is 7.18. The largest absolute Gasteiger partial charge is 0.354 e. The Balaban J connectivity index is 1.70. The molecule has 1 saturated heterocycles. The molecule has 0 saturated carbocycles. The van der Waals surface area contributed by atoms with Gasteiger partial charge in [0.2, 0.25) is 5.91 Å². The lowest BCUT2D eigenvalue weighted by Crippen LogP contribution is -2.50. The number of amides is 3. The van der Waals surface area contributed by atoms with E-state index in [0.29, 0.717) is 33.4 Å². The molecule has 1 aromatic carbocycles. The monoisotopic (exact) mass is 391 g/mol. The maximum absolute atomic E-state index is 12.5. The standard InChI is InChI=1S/C18H18ClN3O3S/c1-10-9-14(22-16(23)11-5-2-3-6-12(11)19)26-15(10)18(25)21-13-7-4-8-20-17(13)24/h2-3,5-6,9,13H,4,7-8H2,1H3,(H,20,24)(H,21,25)(H,22,23). The number of piperidine rings is 1. The Bertz CT molecular complexity index is 865. The highest BCUT2D eigenvalue weighted by Gasteiger charge is 2.25. The van der Waals surface area contributed by atoms with Crippen molar-refractivity contribution in [1.82, 2.24) is 10.6 Å². The molecule has 1 aromatic heterocycles. The first-order valence-corrected chi connectivity index (χ1v) is 9.40. The van der Waals surface area contributed by atoms with Crippen molar-refractivity contribution in [2.45, 2.75) is 25.8 Å². The normalized spacial score (nSPS) is 16.7. The van der Waals surface area contributed by atoms with E-state index < -0.39 is 6.04 Å². The van der Waals surface area contributed by atoms with Crippen molar-refractivity contribution in [1.29, 1.82) is 0 Å². The topological polar surface area (TPSA) is 87.3 Å². The number of hydrogen-bond acceptors (Lipinski definition) is 4. The van der Waals surface area contributed by atoms with Gasteiger partial charge in [-0.1, -0.05) is 23.7 Å². The van der Waals surface area contributed by atoms with Gasteiger partial charge in [0.15, 0.2) is 0 Å². The van der Waals surface area contributed by atoms with Gasteiger partial charge in [-0.25, -0.2) is 0 Å². The molecule has 1 unspecified atom stereocenters. The molecule has 0 spiro atoms. The molecule has 26 heavy (non-hydrogen) atoms. The van der Waals surface area contributed by atoms with Crippen LogP contribution < -0.4 is 16.0 Å². The van der Waals surface area contributed by atoms with E-state index in [1.165, 1.54) is 11.3 Å². The van der Waals surface area contributed by atoms with Gasteiger partial charge in [0.05, 0.1) is 20.5 Å². The third-order valence-corrected chi connectivity index (χ3v) is 5.55. The minimum absolute atomic E-state index is 0.161. The van der Waals surface area contributed by atoms with Crippen molar-refractivity contribution in [3.8, 4) is 0 Å². The second-order valence-electron chi connectivity index (χ2n) is 6.02. The second-order valence-corrected chi connectivity index (χ2v) is 7.48. The van der Waals surface area contributed by atoms with Crippen LogP contribution >= 0.6 is 22.9 Å². The van der Waals surface area contributed by atoms with Crippen molar-refractivity contribution >= 4 is 45.7 Å². The second kappa shape index (κ2) is 7.88. The molecule has 2 heterocycles. The lowest BCUT2D eigenvalue weighted by atomic mass is 10.1. The number of rotatable bonds is 4. The molecule has 1 fully saturated rings. The quantitative estimate of drug-likeness (QED) is 0.748. The van der Waals surface area contributed by atoms with Crippen molar-refractivity contribution in [2.24, 2.45) is 0 Å². The van der Waals surface area contributed by atoms with E-state index in [9.17, 15) is 14.4 Å². The maximum Gasteiger partial charge on any atom is 0.262 e. The fourth-order valence-corrected chi connectivity index (χ4v) is 3.92. The van der Waals surface area contributed by atoms with Crippen LogP contribution in [0.3, 0.4) is 0 Å². The van der Waals surface area contributed by atoms with Crippen molar-refractivity contribution in [2.75, 3.05) is 11.9 Å². The Morgan fingerprint density at radius 1 is 1.27 bits per heavy atom. The molecule has 3 N–H and O–H groups in total. The number of anilines is 1. The number of aryl methyl sites for hydroxylation is 1. The molecule has 136 valence electrons. The van der Waals surface area contributed by atoms with Gasteiger partial charge in [-0.3, -0.25) is 14.4 Å². The Morgan fingerprint density at radius 2 is 2.04 bits per heavy atom. The zero-order valence-electron chi connectivity index (χ0n) is 14.1. The molecule has 8 heteroatoms. The number of thiophene rings is 1. The van der Waals surface area contributed by atoms with Crippen LogP contribution in [0.25, 0.3) is 0 Å². The van der Waals surface area contributed by atoms with E-state index in [1.807, 2.05) is 0 Å². The van der Waals surface area contributed by atoms with Crippen molar-refractivity contribution in [3.05, 3.63) is 51.4 Å². The summed E-state index contributed by atoms with van der Waals surface area (Å²) in [5.74, 6) is -0.811. The third kappa shape index (κ3) is 4.05. The molecule has 0 aliphatic carbocycles. The zero-order valence-corrected chi connectivity index (χ0v) is 15.7. The minimum Gasteiger partial charge on any atom is -0.354 e. The van der Waals surface area contributed by atoms with Gasteiger partial charge < -0.3 is 16.0 Å². The lowest BCUT2D eigenvalue weighted by molar-refractivity contribution is -0.124. The van der Waals surface area contributed by atoms with Crippen LogP contribution in [0.5, 0.6) is 0 Å². The summed E-state index contributed by atoms with van der Waals surface area (Å²) in [6, 6.07) is 7.97. The summed E-state index contributed by atoms with van der Waals surface area (Å²) in [6.07, 6.45) is 1.46. The van der Waals surface area contributed by atoms with Crippen LogP contribution in [0.2, 0.25) is 5.02 Å². The van der Waals surface area contributed by atoms with E-state index in [4.69, 9.17) is 11.6 Å². The van der Waals surface area contributed by atoms with Crippen LogP contribution in [0.1, 0.15) is 38.4 Å². The summed E-state index contributed by atoms with van der Waals surface area (Å²) in [5, 5.41) is 9.17. The molecular formula is C18H18ClN3O3S. The van der Waals surface area contributed by atoms with Gasteiger partial charge in [0.25, 0.3) is 11.8 Å². The smallest absolute Gasteiger partial charge is 0.262 e. The van der Waals surface area contributed by atoms with Gasteiger partial charge >= 0.3 is 0 Å². The van der Waals surface area contributed by atoms with E-state index in [0.717, 1.165) is 12.0 Å². The average Bonchev–Trinajstić information content (AvgIpc) is 2.97. The molecule has 0 bridgehead atoms. The summed E-state index contributed by atoms with van der Waals surface area (Å²) < 4.78 is 0. The number of nitrogens with one attached hydrogen (secondary N) is 3. The highest BCUT2D eigenvalue weighted by atomic mass is 35.5. The van der Waals surface area contributed by atoms with Crippen LogP contribution in [0.4, 0.5) is 5.00 Å². The number of carbonyl (C=O) groups is 3. The van der Waals surface area contributed by atoms with Crippen LogP contribution in [-0.2, 0) is 4.79 Å². The predicted octanol–water partition coefficient (Wildman–Crippen LogP) is 2.97. The van der Waals surface area contributed by atoms with Gasteiger partial charge in [0, 0.05) is 6.54 Å². The SMILES string of the molecule is Cc1cc(NC(=O)c2ccccc2Cl)sc1C(=O)NC1CCCNC1=O. The van der Waals surface area contributed by atoms with E-state index in [-0.39, 0.29) is 17.7 Å². The third-order valence-electron chi connectivity index (χ3n) is 4.07. The lowest BCUT2D eigenvalue weighted by Gasteiger charge is -2.22. The summed E-state index contributed by atoms with van der Waals surface area (Å²) in [7, 11) is 0. The summed E-state index contributed by atoms with van der Waals surface area (Å²) in [5.41, 5.74) is 1.10. The van der Waals surface area contributed by atoms with Crippen molar-refractivity contribution in [3.63, 3.8) is 0 Å². The Morgan fingerprint density at radius 3 is 2.77 bits per heavy atom. The van der Waals surface area contributed by atoms with Crippen LogP contribution in [0.15, 0.2) is 30.3 Å². The number of carbonyl (C=O) groups excluding carboxylic acids is 3. The molecule has 3 amide bonds. The molecule has 1 atom stereocenters. The Labute approximate surface area is 159 Å². The molecule has 1 aliphatic rings. The van der Waals surface area contributed by atoms with Gasteiger partial charge in [-0.2, -0.15) is 0 Å². The summed E-state index contributed by atoms with van der Waals surface area (Å²) >= 11 is 7.20. The summed E-state index contributed by atoms with van der Waals surface area (Å²) in [4.78, 5) is 37.1. The average molecular weight is 392 g/mol. The van der Waals surface area contributed by atoms with E-state index in [2.05, 4.69) is 16.0 Å². The number of halogens is 1. The van der Waals surface area contributed by atoms with Crippen molar-refractivity contribution < 1.29 is 14.4 Å². The molecule has 3 rings (SSSR count). The summed E-state index contributed by atoms with van der Waals surface area (Å²) in [6.45, 7) is 2.43. The van der Waals surface area contributed by atoms with Crippen LogP contribution in [0, 0.1) is 6.92 Å². The number of benzene rings is 1. The predicted molar refractivity (Wildman–Crippen MR) is 102 cm³/mol. The van der Waals surface area contributed by atoms with E-state index in [1.54, 1.807) is 37.3 Å².